The fourth-order valence-electron chi connectivity index (χ4n) is 1.60. The standard InChI is InChI=1S/C13H14BrN/c1-10(2)5-7-15-8-6-11-3-4-12(14)9-13(11)15/h3-6,8-9H,7H2,1-2H3. The third-order valence-electron chi connectivity index (χ3n) is 2.43. The van der Waals surface area contributed by atoms with Gasteiger partial charge in [-0.25, -0.2) is 0 Å². The number of rotatable bonds is 2. The first-order chi connectivity index (χ1) is 7.16. The highest BCUT2D eigenvalue weighted by molar-refractivity contribution is 9.10. The molecule has 78 valence electrons. The van der Waals surface area contributed by atoms with E-state index in [0.29, 0.717) is 0 Å². The largest absolute Gasteiger partial charge is 0.344 e. The number of fused-ring (bicyclic) bond motifs is 1. The van der Waals surface area contributed by atoms with Gasteiger partial charge in [-0.1, -0.05) is 33.6 Å². The molecule has 1 aromatic carbocycles. The van der Waals surface area contributed by atoms with Crippen molar-refractivity contribution in [3.8, 4) is 0 Å². The molecule has 0 aliphatic carbocycles. The average Bonchev–Trinajstić information content (AvgIpc) is 2.57. The number of halogens is 1. The zero-order valence-corrected chi connectivity index (χ0v) is 10.6. The van der Waals surface area contributed by atoms with Crippen LogP contribution in [0.1, 0.15) is 13.8 Å². The molecule has 0 fully saturated rings. The summed E-state index contributed by atoms with van der Waals surface area (Å²) in [5.41, 5.74) is 2.63. The Morgan fingerprint density at radius 1 is 1.33 bits per heavy atom. The quantitative estimate of drug-likeness (QED) is 0.710. The number of aromatic nitrogens is 1. The Balaban J connectivity index is 2.43. The first-order valence-corrected chi connectivity index (χ1v) is 5.84. The molecule has 1 aromatic heterocycles. The van der Waals surface area contributed by atoms with Crippen molar-refractivity contribution in [3.63, 3.8) is 0 Å². The molecular weight excluding hydrogens is 250 g/mol. The first-order valence-electron chi connectivity index (χ1n) is 5.04. The van der Waals surface area contributed by atoms with Crippen LogP contribution >= 0.6 is 15.9 Å². The molecule has 2 aromatic rings. The van der Waals surface area contributed by atoms with Gasteiger partial charge >= 0.3 is 0 Å². The highest BCUT2D eigenvalue weighted by Crippen LogP contribution is 2.20. The summed E-state index contributed by atoms with van der Waals surface area (Å²) in [6.07, 6.45) is 4.37. The van der Waals surface area contributed by atoms with E-state index in [1.54, 1.807) is 0 Å². The average molecular weight is 264 g/mol. The van der Waals surface area contributed by atoms with Gasteiger partial charge in [-0.2, -0.15) is 0 Å². The molecule has 0 spiro atoms. The molecule has 0 aliphatic rings. The van der Waals surface area contributed by atoms with E-state index in [4.69, 9.17) is 0 Å². The summed E-state index contributed by atoms with van der Waals surface area (Å²) in [5.74, 6) is 0. The Morgan fingerprint density at radius 2 is 2.13 bits per heavy atom. The molecule has 15 heavy (non-hydrogen) atoms. The van der Waals surface area contributed by atoms with E-state index < -0.39 is 0 Å². The van der Waals surface area contributed by atoms with Crippen LogP contribution in [0.15, 0.2) is 46.6 Å². The molecule has 0 aliphatic heterocycles. The van der Waals surface area contributed by atoms with Crippen LogP contribution in [-0.2, 0) is 6.54 Å². The van der Waals surface area contributed by atoms with Crippen molar-refractivity contribution >= 4 is 26.8 Å². The van der Waals surface area contributed by atoms with Crippen molar-refractivity contribution in [2.24, 2.45) is 0 Å². The Labute approximate surface area is 98.5 Å². The molecule has 0 bridgehead atoms. The molecule has 1 heterocycles. The van der Waals surface area contributed by atoms with Crippen molar-refractivity contribution in [1.29, 1.82) is 0 Å². The third kappa shape index (κ3) is 2.32. The second kappa shape index (κ2) is 4.23. The van der Waals surface area contributed by atoms with Gasteiger partial charge in [0.2, 0.25) is 0 Å². The van der Waals surface area contributed by atoms with Crippen LogP contribution in [0.5, 0.6) is 0 Å². The zero-order valence-electron chi connectivity index (χ0n) is 9.00. The molecule has 0 amide bonds. The maximum absolute atomic E-state index is 3.50. The molecule has 0 atom stereocenters. The number of allylic oxidation sites excluding steroid dienone is 2. The fourth-order valence-corrected chi connectivity index (χ4v) is 1.95. The number of hydrogen-bond donors (Lipinski definition) is 0. The predicted octanol–water partition coefficient (Wildman–Crippen LogP) is 4.37. The molecule has 2 rings (SSSR count). The fraction of sp³-hybridized carbons (Fsp3) is 0.231. The minimum Gasteiger partial charge on any atom is -0.344 e. The minimum atomic E-state index is 0.947. The molecule has 1 nitrogen and oxygen atoms in total. The van der Waals surface area contributed by atoms with Crippen LogP contribution in [0.25, 0.3) is 10.9 Å². The first kappa shape index (κ1) is 10.5. The van der Waals surface area contributed by atoms with Crippen LogP contribution in [0, 0.1) is 0 Å². The molecule has 0 saturated carbocycles. The zero-order chi connectivity index (χ0) is 10.8. The van der Waals surface area contributed by atoms with Crippen LogP contribution in [0.4, 0.5) is 0 Å². The van der Waals surface area contributed by atoms with Crippen LogP contribution in [0.2, 0.25) is 0 Å². The van der Waals surface area contributed by atoms with Gasteiger partial charge in [0.1, 0.15) is 0 Å². The summed E-state index contributed by atoms with van der Waals surface area (Å²) < 4.78 is 3.39. The molecule has 0 N–H and O–H groups in total. The number of benzene rings is 1. The van der Waals surface area contributed by atoms with Crippen LogP contribution < -0.4 is 0 Å². The van der Waals surface area contributed by atoms with Gasteiger partial charge in [-0.15, -0.1) is 0 Å². The highest BCUT2D eigenvalue weighted by atomic mass is 79.9. The second-order valence-electron chi connectivity index (χ2n) is 3.95. The topological polar surface area (TPSA) is 4.93 Å². The number of hydrogen-bond acceptors (Lipinski definition) is 0. The summed E-state index contributed by atoms with van der Waals surface area (Å²) in [6.45, 7) is 5.20. The Hall–Kier alpha value is -1.02. The monoisotopic (exact) mass is 263 g/mol. The second-order valence-corrected chi connectivity index (χ2v) is 4.87. The lowest BCUT2D eigenvalue weighted by Crippen LogP contribution is -1.92. The lowest BCUT2D eigenvalue weighted by molar-refractivity contribution is 0.856. The van der Waals surface area contributed by atoms with Gasteiger partial charge in [0.25, 0.3) is 0 Å². The summed E-state index contributed by atoms with van der Waals surface area (Å²) >= 11 is 3.50. The maximum Gasteiger partial charge on any atom is 0.0494 e. The summed E-state index contributed by atoms with van der Waals surface area (Å²) in [7, 11) is 0. The smallest absolute Gasteiger partial charge is 0.0494 e. The SMILES string of the molecule is CC(C)=CCn1ccc2ccc(Br)cc21. The van der Waals surface area contributed by atoms with E-state index in [1.165, 1.54) is 16.5 Å². The minimum absolute atomic E-state index is 0.947. The van der Waals surface area contributed by atoms with Gasteiger partial charge in [-0.05, 0) is 37.4 Å². The normalized spacial score (nSPS) is 10.6. The molecule has 2 heteroatoms. The van der Waals surface area contributed by atoms with Crippen molar-refractivity contribution in [2.45, 2.75) is 20.4 Å². The molecule has 0 unspecified atom stereocenters. The van der Waals surface area contributed by atoms with Gasteiger partial charge in [-0.3, -0.25) is 0 Å². The van der Waals surface area contributed by atoms with Crippen molar-refractivity contribution < 1.29 is 0 Å². The van der Waals surface area contributed by atoms with Gasteiger partial charge < -0.3 is 4.57 Å². The number of nitrogens with zero attached hydrogens (tertiary/aromatic N) is 1. The Kier molecular flexibility index (Phi) is 2.96. The molecular formula is C13H14BrN. The third-order valence-corrected chi connectivity index (χ3v) is 2.93. The van der Waals surface area contributed by atoms with E-state index in [9.17, 15) is 0 Å². The highest BCUT2D eigenvalue weighted by Gasteiger charge is 1.99. The van der Waals surface area contributed by atoms with Gasteiger partial charge in [0, 0.05) is 22.7 Å². The summed E-state index contributed by atoms with van der Waals surface area (Å²) in [6, 6.07) is 8.53. The lowest BCUT2D eigenvalue weighted by Gasteiger charge is -2.02. The van der Waals surface area contributed by atoms with E-state index in [0.717, 1.165) is 11.0 Å². The van der Waals surface area contributed by atoms with Crippen molar-refractivity contribution in [1.82, 2.24) is 4.57 Å². The van der Waals surface area contributed by atoms with Crippen LogP contribution in [0.3, 0.4) is 0 Å². The van der Waals surface area contributed by atoms with E-state index in [2.05, 4.69) is 70.9 Å². The maximum atomic E-state index is 3.50. The van der Waals surface area contributed by atoms with E-state index in [-0.39, 0.29) is 0 Å². The molecule has 0 saturated heterocycles. The van der Waals surface area contributed by atoms with Crippen LogP contribution in [-0.4, -0.2) is 4.57 Å². The lowest BCUT2D eigenvalue weighted by atomic mass is 10.2. The van der Waals surface area contributed by atoms with Crippen molar-refractivity contribution in [2.75, 3.05) is 0 Å². The van der Waals surface area contributed by atoms with E-state index in [1.807, 2.05) is 0 Å². The van der Waals surface area contributed by atoms with Crippen molar-refractivity contribution in [3.05, 3.63) is 46.6 Å². The van der Waals surface area contributed by atoms with Gasteiger partial charge in [0.05, 0.1) is 0 Å². The predicted molar refractivity (Wildman–Crippen MR) is 69.1 cm³/mol. The molecule has 0 radical (unpaired) electrons. The Morgan fingerprint density at radius 3 is 2.87 bits per heavy atom. The Bertz CT molecular complexity index is 504. The summed E-state index contributed by atoms with van der Waals surface area (Å²) in [4.78, 5) is 0. The summed E-state index contributed by atoms with van der Waals surface area (Å²) in [5, 5.41) is 1.29. The van der Waals surface area contributed by atoms with Gasteiger partial charge in [0.15, 0.2) is 0 Å². The van der Waals surface area contributed by atoms with E-state index >= 15 is 0 Å².